The molecule has 172 valence electrons. The van der Waals surface area contributed by atoms with Gasteiger partial charge in [-0.15, -0.1) is 0 Å². The number of piperidine rings is 1. The van der Waals surface area contributed by atoms with Gasteiger partial charge in [0, 0.05) is 24.8 Å². The van der Waals surface area contributed by atoms with Crippen molar-refractivity contribution in [3.8, 4) is 5.88 Å². The molecule has 2 saturated heterocycles. The normalized spacial score (nSPS) is 27.7. The smallest absolute Gasteiger partial charge is 0.227 e. The Kier molecular flexibility index (Phi) is 6.86. The lowest BCUT2D eigenvalue weighted by Crippen LogP contribution is -2.38. The fourth-order valence-corrected chi connectivity index (χ4v) is 6.99. The molecule has 0 spiro atoms. The minimum absolute atomic E-state index is 0.0682. The summed E-state index contributed by atoms with van der Waals surface area (Å²) in [5.74, 6) is 3.39. The fraction of sp³-hybridized carbons (Fsp3) is 0.739. The third-order valence-electron chi connectivity index (χ3n) is 7.29. The first-order valence-electron chi connectivity index (χ1n) is 11.6. The molecule has 0 radical (unpaired) electrons. The zero-order valence-electron chi connectivity index (χ0n) is 18.7. The molecule has 3 fully saturated rings. The van der Waals surface area contributed by atoms with Crippen molar-refractivity contribution >= 4 is 15.7 Å². The number of nitrogens with zero attached hydrogens (tertiary/aromatic N) is 2. The first kappa shape index (κ1) is 22.5. The van der Waals surface area contributed by atoms with Crippen LogP contribution in [-0.4, -0.2) is 68.5 Å². The molecule has 2 unspecified atom stereocenters. The minimum atomic E-state index is -3.01. The van der Waals surface area contributed by atoms with Gasteiger partial charge in [0.2, 0.25) is 11.8 Å². The van der Waals surface area contributed by atoms with Crippen LogP contribution in [0.25, 0.3) is 0 Å². The van der Waals surface area contributed by atoms with Crippen LogP contribution in [0.15, 0.2) is 12.3 Å². The molecule has 8 heteroatoms. The Hall–Kier alpha value is -1.67. The van der Waals surface area contributed by atoms with E-state index in [0.717, 1.165) is 48.4 Å². The maximum Gasteiger partial charge on any atom is 0.227 e. The second-order valence-electron chi connectivity index (χ2n) is 9.59. The maximum absolute atomic E-state index is 12.6. The van der Waals surface area contributed by atoms with Crippen molar-refractivity contribution in [1.82, 2.24) is 15.2 Å². The number of pyridine rings is 1. The van der Waals surface area contributed by atoms with Gasteiger partial charge in [0.25, 0.3) is 0 Å². The van der Waals surface area contributed by atoms with E-state index in [4.69, 9.17) is 4.74 Å². The summed E-state index contributed by atoms with van der Waals surface area (Å²) in [5, 5.41) is 3.44. The summed E-state index contributed by atoms with van der Waals surface area (Å²) in [6.45, 7) is 4.98. The molecular formula is C23H35N3O4S. The monoisotopic (exact) mass is 449 g/mol. The Morgan fingerprint density at radius 2 is 2.06 bits per heavy atom. The Morgan fingerprint density at radius 3 is 2.74 bits per heavy atom. The summed E-state index contributed by atoms with van der Waals surface area (Å²) >= 11 is 0. The number of likely N-dealkylation sites (N-methyl/N-ethyl adjacent to an activating group) is 1. The van der Waals surface area contributed by atoms with E-state index >= 15 is 0 Å². The fourth-order valence-electron chi connectivity index (χ4n) is 5.21. The van der Waals surface area contributed by atoms with E-state index in [-0.39, 0.29) is 29.9 Å². The van der Waals surface area contributed by atoms with Crippen LogP contribution in [0.1, 0.15) is 43.2 Å². The predicted molar refractivity (Wildman–Crippen MR) is 120 cm³/mol. The van der Waals surface area contributed by atoms with Gasteiger partial charge in [0.1, 0.15) is 0 Å². The van der Waals surface area contributed by atoms with Crippen LogP contribution in [0, 0.1) is 24.7 Å². The number of aromatic nitrogens is 1. The number of carbonyl (C=O) groups is 1. The van der Waals surface area contributed by atoms with Gasteiger partial charge in [-0.25, -0.2) is 13.4 Å². The van der Waals surface area contributed by atoms with Crippen molar-refractivity contribution in [2.24, 2.45) is 17.8 Å². The lowest BCUT2D eigenvalue weighted by Gasteiger charge is -2.23. The SMILES string of the molecule is Cc1cc(CC(=O)N(C)C2CCS(=O)(=O)C2)cnc1OCCC1C[C@@H]1C1CCNCC1. The van der Waals surface area contributed by atoms with Gasteiger partial charge in [0.05, 0.1) is 24.5 Å². The van der Waals surface area contributed by atoms with Gasteiger partial charge in [0.15, 0.2) is 9.84 Å². The Balaban J connectivity index is 1.22. The van der Waals surface area contributed by atoms with E-state index in [1.165, 1.54) is 19.3 Å². The summed E-state index contributed by atoms with van der Waals surface area (Å²) in [6.07, 6.45) is 7.51. The van der Waals surface area contributed by atoms with Gasteiger partial charge in [-0.1, -0.05) is 0 Å². The van der Waals surface area contributed by atoms with Crippen LogP contribution >= 0.6 is 0 Å². The second-order valence-corrected chi connectivity index (χ2v) is 11.8. The van der Waals surface area contributed by atoms with Gasteiger partial charge in [-0.05, 0) is 81.5 Å². The average molecular weight is 450 g/mol. The Bertz CT molecular complexity index is 898. The van der Waals surface area contributed by atoms with Gasteiger partial charge in [-0.3, -0.25) is 4.79 Å². The van der Waals surface area contributed by atoms with E-state index in [9.17, 15) is 13.2 Å². The number of carbonyl (C=O) groups excluding carboxylic acids is 1. The number of hydrogen-bond donors (Lipinski definition) is 1. The van der Waals surface area contributed by atoms with Crippen LogP contribution in [-0.2, 0) is 21.1 Å². The van der Waals surface area contributed by atoms with Crippen molar-refractivity contribution in [3.63, 3.8) is 0 Å². The number of rotatable bonds is 8. The van der Waals surface area contributed by atoms with Gasteiger partial charge in [-0.2, -0.15) is 0 Å². The van der Waals surface area contributed by atoms with Crippen molar-refractivity contribution in [2.45, 2.75) is 51.5 Å². The van der Waals surface area contributed by atoms with Gasteiger partial charge >= 0.3 is 0 Å². The first-order valence-corrected chi connectivity index (χ1v) is 13.4. The molecular weight excluding hydrogens is 414 g/mol. The van der Waals surface area contributed by atoms with E-state index in [2.05, 4.69) is 10.3 Å². The van der Waals surface area contributed by atoms with E-state index in [0.29, 0.717) is 18.9 Å². The highest BCUT2D eigenvalue weighted by molar-refractivity contribution is 7.91. The predicted octanol–water partition coefficient (Wildman–Crippen LogP) is 1.98. The highest BCUT2D eigenvalue weighted by Crippen LogP contribution is 2.49. The number of ether oxygens (including phenoxy) is 1. The Labute approximate surface area is 185 Å². The molecule has 1 N–H and O–H groups in total. The molecule has 3 heterocycles. The molecule has 31 heavy (non-hydrogen) atoms. The molecule has 3 atom stereocenters. The van der Waals surface area contributed by atoms with E-state index in [1.807, 2.05) is 13.0 Å². The molecule has 7 nitrogen and oxygen atoms in total. The lowest BCUT2D eigenvalue weighted by atomic mass is 9.91. The highest BCUT2D eigenvalue weighted by Gasteiger charge is 2.42. The summed E-state index contributed by atoms with van der Waals surface area (Å²) in [5.41, 5.74) is 1.76. The minimum Gasteiger partial charge on any atom is -0.477 e. The molecule has 2 aliphatic heterocycles. The van der Waals surface area contributed by atoms with Crippen molar-refractivity contribution in [3.05, 3.63) is 23.4 Å². The molecule has 1 aromatic heterocycles. The lowest BCUT2D eigenvalue weighted by molar-refractivity contribution is -0.130. The second kappa shape index (κ2) is 9.45. The number of nitrogens with one attached hydrogen (secondary N) is 1. The quantitative estimate of drug-likeness (QED) is 0.653. The Morgan fingerprint density at radius 1 is 1.29 bits per heavy atom. The average Bonchev–Trinajstić information content (AvgIpc) is 3.43. The van der Waals surface area contributed by atoms with E-state index in [1.54, 1.807) is 18.1 Å². The van der Waals surface area contributed by atoms with Crippen LogP contribution < -0.4 is 10.1 Å². The summed E-state index contributed by atoms with van der Waals surface area (Å²) < 4.78 is 29.3. The summed E-state index contributed by atoms with van der Waals surface area (Å²) in [6, 6.07) is 1.74. The van der Waals surface area contributed by atoms with Crippen LogP contribution in [0.5, 0.6) is 5.88 Å². The standard InChI is InChI=1S/C23H35N3O4S/c1-16-11-17(12-22(27)26(2)20-6-10-31(28,29)15-20)14-25-23(16)30-9-5-19-13-21(19)18-3-7-24-8-4-18/h11,14,18-21,24H,3-10,12-13,15H2,1-2H3/t19?,20?,21-/m1/s1. The van der Waals surface area contributed by atoms with Crippen LogP contribution in [0.3, 0.4) is 0 Å². The van der Waals surface area contributed by atoms with Crippen molar-refractivity contribution in [2.75, 3.05) is 38.2 Å². The van der Waals surface area contributed by atoms with Crippen LogP contribution in [0.2, 0.25) is 0 Å². The number of sulfone groups is 1. The molecule has 1 amide bonds. The largest absolute Gasteiger partial charge is 0.477 e. The topological polar surface area (TPSA) is 88.6 Å². The van der Waals surface area contributed by atoms with Gasteiger partial charge < -0.3 is 15.0 Å². The summed E-state index contributed by atoms with van der Waals surface area (Å²) in [7, 11) is -1.31. The molecule has 0 bridgehead atoms. The first-order chi connectivity index (χ1) is 14.8. The van der Waals surface area contributed by atoms with Crippen molar-refractivity contribution in [1.29, 1.82) is 0 Å². The maximum atomic E-state index is 12.6. The van der Waals surface area contributed by atoms with E-state index < -0.39 is 9.84 Å². The number of aryl methyl sites for hydroxylation is 1. The highest BCUT2D eigenvalue weighted by atomic mass is 32.2. The van der Waals surface area contributed by atoms with Crippen LogP contribution in [0.4, 0.5) is 0 Å². The summed E-state index contributed by atoms with van der Waals surface area (Å²) in [4.78, 5) is 18.6. The molecule has 1 aromatic rings. The third kappa shape index (κ3) is 5.77. The molecule has 3 aliphatic rings. The van der Waals surface area contributed by atoms with Crippen molar-refractivity contribution < 1.29 is 17.9 Å². The molecule has 0 aromatic carbocycles. The molecule has 1 aliphatic carbocycles. The zero-order chi connectivity index (χ0) is 22.0. The molecule has 4 rings (SSSR count). The molecule has 1 saturated carbocycles. The third-order valence-corrected chi connectivity index (χ3v) is 9.04. The number of amides is 1. The number of hydrogen-bond acceptors (Lipinski definition) is 6. The zero-order valence-corrected chi connectivity index (χ0v) is 19.5.